The number of rotatable bonds is 12. The Balaban J connectivity index is 3.42. The lowest BCUT2D eigenvalue weighted by molar-refractivity contribution is 0.0644. The molecule has 0 radical (unpaired) electrons. The summed E-state index contributed by atoms with van der Waals surface area (Å²) in [5, 5.41) is 0. The van der Waals surface area contributed by atoms with Crippen molar-refractivity contribution in [3.8, 4) is 0 Å². The van der Waals surface area contributed by atoms with Crippen LogP contribution in [0.5, 0.6) is 0 Å². The van der Waals surface area contributed by atoms with Crippen LogP contribution in [0.15, 0.2) is 0 Å². The Hall–Kier alpha value is -0.633. The summed E-state index contributed by atoms with van der Waals surface area (Å²) < 4.78 is 20.5. The lowest BCUT2D eigenvalue weighted by Crippen LogP contribution is -2.35. The van der Waals surface area contributed by atoms with Crippen LogP contribution < -0.4 is 0 Å². The maximum atomic E-state index is 11.4. The Bertz CT molecular complexity index is 218. The summed E-state index contributed by atoms with van der Waals surface area (Å²) in [5.41, 5.74) is 0. The number of carbonyl (C=O) groups is 1. The standard InChI is InChI=1S/C12H27NO5Si/c1-4-6-13(12(14)16-3)11-19-18-8-5-7-17-10-9-15-2/h4-11,19H2,1-3H3. The Morgan fingerprint density at radius 2 is 1.95 bits per heavy atom. The third-order valence-corrected chi connectivity index (χ3v) is 3.74. The van der Waals surface area contributed by atoms with Gasteiger partial charge in [0.1, 0.15) is 0 Å². The Kier molecular flexibility index (Phi) is 13.3. The first-order valence-electron chi connectivity index (χ1n) is 6.73. The molecule has 0 unspecified atom stereocenters. The zero-order valence-corrected chi connectivity index (χ0v) is 13.8. The van der Waals surface area contributed by atoms with E-state index in [0.29, 0.717) is 32.6 Å². The zero-order valence-electron chi connectivity index (χ0n) is 12.4. The fraction of sp³-hybridized carbons (Fsp3) is 0.917. The van der Waals surface area contributed by atoms with Crippen molar-refractivity contribution in [2.24, 2.45) is 0 Å². The van der Waals surface area contributed by atoms with Gasteiger partial charge in [-0.1, -0.05) is 6.92 Å². The number of methoxy groups -OCH3 is 2. The number of amides is 1. The molecular formula is C12H27NO5Si. The van der Waals surface area contributed by atoms with E-state index in [1.807, 2.05) is 6.92 Å². The van der Waals surface area contributed by atoms with Crippen molar-refractivity contribution < 1.29 is 23.4 Å². The second-order valence-electron chi connectivity index (χ2n) is 4.03. The number of nitrogens with zero attached hydrogens (tertiary/aromatic N) is 1. The Morgan fingerprint density at radius 3 is 2.58 bits per heavy atom. The van der Waals surface area contributed by atoms with Crippen molar-refractivity contribution in [1.29, 1.82) is 0 Å². The maximum Gasteiger partial charge on any atom is 0.409 e. The van der Waals surface area contributed by atoms with Crippen LogP contribution >= 0.6 is 0 Å². The quantitative estimate of drug-likeness (QED) is 0.389. The average Bonchev–Trinajstić information content (AvgIpc) is 2.43. The molecule has 0 aromatic heterocycles. The molecular weight excluding hydrogens is 266 g/mol. The highest BCUT2D eigenvalue weighted by molar-refractivity contribution is 6.27. The second-order valence-corrected chi connectivity index (χ2v) is 5.29. The number of carbonyl (C=O) groups excluding carboxylic acids is 1. The molecule has 0 bridgehead atoms. The van der Waals surface area contributed by atoms with Crippen molar-refractivity contribution in [1.82, 2.24) is 4.90 Å². The molecule has 0 N–H and O–H groups in total. The van der Waals surface area contributed by atoms with Crippen LogP contribution in [-0.4, -0.2) is 74.1 Å². The smallest absolute Gasteiger partial charge is 0.409 e. The second kappa shape index (κ2) is 13.8. The van der Waals surface area contributed by atoms with Crippen molar-refractivity contribution in [3.63, 3.8) is 0 Å². The highest BCUT2D eigenvalue weighted by atomic mass is 28.2. The summed E-state index contributed by atoms with van der Waals surface area (Å²) in [6.45, 7) is 5.40. The molecule has 0 aliphatic carbocycles. The van der Waals surface area contributed by atoms with E-state index in [0.717, 1.165) is 19.4 Å². The molecule has 0 aliphatic heterocycles. The summed E-state index contributed by atoms with van der Waals surface area (Å²) in [5.74, 6) is 0. The molecule has 0 aliphatic rings. The normalized spacial score (nSPS) is 11.1. The van der Waals surface area contributed by atoms with Crippen LogP contribution in [0.25, 0.3) is 0 Å². The van der Waals surface area contributed by atoms with E-state index in [2.05, 4.69) is 0 Å². The third kappa shape index (κ3) is 10.9. The summed E-state index contributed by atoms with van der Waals surface area (Å²) >= 11 is 0. The fourth-order valence-electron chi connectivity index (χ4n) is 1.48. The van der Waals surface area contributed by atoms with Gasteiger partial charge < -0.3 is 23.5 Å². The van der Waals surface area contributed by atoms with E-state index in [4.69, 9.17) is 18.6 Å². The summed E-state index contributed by atoms with van der Waals surface area (Å²) in [6, 6.07) is 0. The van der Waals surface area contributed by atoms with E-state index in [1.165, 1.54) is 7.11 Å². The first-order valence-corrected chi connectivity index (χ1v) is 8.31. The van der Waals surface area contributed by atoms with Crippen molar-refractivity contribution in [2.45, 2.75) is 19.8 Å². The fourth-order valence-corrected chi connectivity index (χ4v) is 2.64. The molecule has 114 valence electrons. The van der Waals surface area contributed by atoms with Crippen LogP contribution in [0.4, 0.5) is 4.79 Å². The molecule has 7 heteroatoms. The van der Waals surface area contributed by atoms with Crippen molar-refractivity contribution >= 4 is 15.9 Å². The number of hydrogen-bond acceptors (Lipinski definition) is 5. The van der Waals surface area contributed by atoms with E-state index < -0.39 is 9.76 Å². The Labute approximate surface area is 118 Å². The van der Waals surface area contributed by atoms with Gasteiger partial charge in [-0.2, -0.15) is 0 Å². The molecule has 0 fully saturated rings. The van der Waals surface area contributed by atoms with Gasteiger partial charge in [-0.05, 0) is 12.8 Å². The molecule has 0 saturated heterocycles. The van der Waals surface area contributed by atoms with Gasteiger partial charge in [-0.3, -0.25) is 0 Å². The molecule has 0 rings (SSSR count). The van der Waals surface area contributed by atoms with Gasteiger partial charge in [0.05, 0.1) is 20.3 Å². The lowest BCUT2D eigenvalue weighted by Gasteiger charge is -2.19. The van der Waals surface area contributed by atoms with Gasteiger partial charge >= 0.3 is 6.09 Å². The topological polar surface area (TPSA) is 57.2 Å². The molecule has 0 spiro atoms. The minimum absolute atomic E-state index is 0.263. The van der Waals surface area contributed by atoms with Gasteiger partial charge in [0.25, 0.3) is 0 Å². The van der Waals surface area contributed by atoms with E-state index in [-0.39, 0.29) is 6.09 Å². The molecule has 19 heavy (non-hydrogen) atoms. The van der Waals surface area contributed by atoms with Crippen LogP contribution in [0.2, 0.25) is 0 Å². The molecule has 6 nitrogen and oxygen atoms in total. The minimum atomic E-state index is -0.708. The minimum Gasteiger partial charge on any atom is -0.453 e. The number of ether oxygens (including phenoxy) is 3. The molecule has 1 amide bonds. The van der Waals surface area contributed by atoms with Gasteiger partial charge in [0.15, 0.2) is 9.76 Å². The van der Waals surface area contributed by atoms with Crippen LogP contribution in [0.1, 0.15) is 19.8 Å². The van der Waals surface area contributed by atoms with Gasteiger partial charge in [-0.15, -0.1) is 0 Å². The van der Waals surface area contributed by atoms with Crippen LogP contribution in [-0.2, 0) is 18.6 Å². The lowest BCUT2D eigenvalue weighted by atomic mass is 10.5. The third-order valence-electron chi connectivity index (χ3n) is 2.44. The summed E-state index contributed by atoms with van der Waals surface area (Å²) in [7, 11) is 2.35. The molecule has 0 atom stereocenters. The maximum absolute atomic E-state index is 11.4. The highest BCUT2D eigenvalue weighted by Gasteiger charge is 2.11. The monoisotopic (exact) mass is 293 g/mol. The highest BCUT2D eigenvalue weighted by Crippen LogP contribution is 1.95. The first kappa shape index (κ1) is 18.4. The van der Waals surface area contributed by atoms with Crippen LogP contribution in [0, 0.1) is 0 Å². The largest absolute Gasteiger partial charge is 0.453 e. The molecule has 0 aromatic carbocycles. The van der Waals surface area contributed by atoms with Crippen molar-refractivity contribution in [3.05, 3.63) is 0 Å². The van der Waals surface area contributed by atoms with Gasteiger partial charge in [-0.25, -0.2) is 4.79 Å². The van der Waals surface area contributed by atoms with Gasteiger partial charge in [0, 0.05) is 33.0 Å². The van der Waals surface area contributed by atoms with E-state index in [1.54, 1.807) is 12.0 Å². The van der Waals surface area contributed by atoms with Crippen molar-refractivity contribution in [2.75, 3.05) is 53.4 Å². The summed E-state index contributed by atoms with van der Waals surface area (Å²) in [6.07, 6.45) is 2.24. The molecule has 0 aromatic rings. The predicted molar refractivity (Wildman–Crippen MR) is 76.1 cm³/mol. The summed E-state index contributed by atoms with van der Waals surface area (Å²) in [4.78, 5) is 13.1. The SMILES string of the molecule is CCCN(C[SiH2]OCCCOCCOC)C(=O)OC. The average molecular weight is 293 g/mol. The van der Waals surface area contributed by atoms with E-state index in [9.17, 15) is 4.79 Å². The molecule has 0 heterocycles. The predicted octanol–water partition coefficient (Wildman–Crippen LogP) is 0.576. The Morgan fingerprint density at radius 1 is 1.16 bits per heavy atom. The molecule has 0 saturated carbocycles. The zero-order chi connectivity index (χ0) is 14.3. The van der Waals surface area contributed by atoms with Crippen LogP contribution in [0.3, 0.4) is 0 Å². The first-order chi connectivity index (χ1) is 9.26. The van der Waals surface area contributed by atoms with Gasteiger partial charge in [0.2, 0.25) is 0 Å². The van der Waals surface area contributed by atoms with E-state index >= 15 is 0 Å². The number of hydrogen-bond donors (Lipinski definition) is 0.